The minimum Gasteiger partial charge on any atom is -0.464 e. The van der Waals surface area contributed by atoms with E-state index in [0.717, 1.165) is 16.6 Å². The lowest BCUT2D eigenvalue weighted by Crippen LogP contribution is -2.04. The predicted octanol–water partition coefficient (Wildman–Crippen LogP) is 3.36. The lowest BCUT2D eigenvalue weighted by molar-refractivity contribution is 0.0594. The first-order valence-electron chi connectivity index (χ1n) is 7.29. The van der Waals surface area contributed by atoms with E-state index in [9.17, 15) is 9.59 Å². The first-order valence-corrected chi connectivity index (χ1v) is 7.29. The van der Waals surface area contributed by atoms with Gasteiger partial charge in [0.1, 0.15) is 5.69 Å². The Bertz CT molecular complexity index is 920. The molecule has 3 aromatic rings. The molecule has 6 nitrogen and oxygen atoms in total. The zero-order valence-corrected chi connectivity index (χ0v) is 13.2. The number of Topliss-reactive ketones (excluding diaryl/α,β-unsaturated/α-hetero) is 1. The fourth-order valence-electron chi connectivity index (χ4n) is 2.32. The van der Waals surface area contributed by atoms with Crippen molar-refractivity contribution in [1.29, 1.82) is 0 Å². The Morgan fingerprint density at radius 1 is 1.08 bits per heavy atom. The zero-order valence-electron chi connectivity index (χ0n) is 13.2. The Morgan fingerprint density at radius 2 is 1.92 bits per heavy atom. The minimum absolute atomic E-state index is 0.00389. The van der Waals surface area contributed by atoms with Crippen LogP contribution in [0.25, 0.3) is 10.9 Å². The number of methoxy groups -OCH3 is 1. The summed E-state index contributed by atoms with van der Waals surface area (Å²) >= 11 is 0. The number of rotatable bonds is 4. The highest BCUT2D eigenvalue weighted by molar-refractivity contribution is 6.01. The van der Waals surface area contributed by atoms with Crippen molar-refractivity contribution < 1.29 is 14.3 Å². The molecule has 1 N–H and O–H groups in total. The van der Waals surface area contributed by atoms with Crippen molar-refractivity contribution in [2.75, 3.05) is 12.4 Å². The van der Waals surface area contributed by atoms with Gasteiger partial charge < -0.3 is 10.1 Å². The maximum atomic E-state index is 11.6. The van der Waals surface area contributed by atoms with Crippen LogP contribution in [-0.4, -0.2) is 28.8 Å². The highest BCUT2D eigenvalue weighted by atomic mass is 16.5. The van der Waals surface area contributed by atoms with Crippen LogP contribution in [0, 0.1) is 0 Å². The van der Waals surface area contributed by atoms with Gasteiger partial charge in [0.05, 0.1) is 24.5 Å². The number of anilines is 2. The van der Waals surface area contributed by atoms with Crippen molar-refractivity contribution in [2.45, 2.75) is 6.92 Å². The number of aromatic nitrogens is 2. The molecule has 0 unspecified atom stereocenters. The van der Waals surface area contributed by atoms with Crippen molar-refractivity contribution in [1.82, 2.24) is 9.97 Å². The van der Waals surface area contributed by atoms with E-state index in [1.165, 1.54) is 14.0 Å². The lowest BCUT2D eigenvalue weighted by atomic mass is 10.1. The quantitative estimate of drug-likeness (QED) is 0.586. The van der Waals surface area contributed by atoms with Crippen molar-refractivity contribution in [2.24, 2.45) is 0 Å². The molecule has 0 spiro atoms. The SMILES string of the molecule is COC(=O)c1ccc(Nc2ccnc3ccc(C(C)=O)cc23)cn1. The second kappa shape index (κ2) is 6.45. The van der Waals surface area contributed by atoms with Gasteiger partial charge in [-0.1, -0.05) is 0 Å². The smallest absolute Gasteiger partial charge is 0.356 e. The van der Waals surface area contributed by atoms with E-state index in [1.807, 2.05) is 18.2 Å². The number of esters is 1. The fraction of sp³-hybridized carbons (Fsp3) is 0.111. The predicted molar refractivity (Wildman–Crippen MR) is 90.6 cm³/mol. The maximum absolute atomic E-state index is 11.6. The van der Waals surface area contributed by atoms with Gasteiger partial charge in [0, 0.05) is 22.8 Å². The molecule has 0 atom stereocenters. The minimum atomic E-state index is -0.484. The van der Waals surface area contributed by atoms with Gasteiger partial charge in [0.25, 0.3) is 0 Å². The average molecular weight is 321 g/mol. The number of ketones is 1. The average Bonchev–Trinajstić information content (AvgIpc) is 2.61. The molecule has 1 aromatic carbocycles. The second-order valence-electron chi connectivity index (χ2n) is 5.20. The molecule has 2 heterocycles. The monoisotopic (exact) mass is 321 g/mol. The van der Waals surface area contributed by atoms with Crippen molar-refractivity contribution in [3.8, 4) is 0 Å². The van der Waals surface area contributed by atoms with Crippen molar-refractivity contribution >= 4 is 34.0 Å². The summed E-state index contributed by atoms with van der Waals surface area (Å²) in [5.74, 6) is -0.488. The highest BCUT2D eigenvalue weighted by Crippen LogP contribution is 2.26. The van der Waals surface area contributed by atoms with Gasteiger partial charge in [-0.25, -0.2) is 9.78 Å². The number of ether oxygens (including phenoxy) is 1. The molecule has 0 aliphatic carbocycles. The highest BCUT2D eigenvalue weighted by Gasteiger charge is 2.08. The van der Waals surface area contributed by atoms with Crippen LogP contribution in [0.2, 0.25) is 0 Å². The van der Waals surface area contributed by atoms with E-state index in [-0.39, 0.29) is 11.5 Å². The third kappa shape index (κ3) is 3.08. The third-order valence-electron chi connectivity index (χ3n) is 3.59. The van der Waals surface area contributed by atoms with Gasteiger partial charge >= 0.3 is 5.97 Å². The molecule has 0 saturated carbocycles. The van der Waals surface area contributed by atoms with Crippen LogP contribution in [0.15, 0.2) is 48.8 Å². The molecule has 0 bridgehead atoms. The number of nitrogens with zero attached hydrogens (tertiary/aromatic N) is 2. The van der Waals surface area contributed by atoms with Crippen LogP contribution in [0.4, 0.5) is 11.4 Å². The van der Waals surface area contributed by atoms with E-state index >= 15 is 0 Å². The molecule has 3 rings (SSSR count). The van der Waals surface area contributed by atoms with Gasteiger partial charge in [-0.05, 0) is 43.3 Å². The van der Waals surface area contributed by atoms with Crippen LogP contribution in [0.5, 0.6) is 0 Å². The third-order valence-corrected chi connectivity index (χ3v) is 3.59. The molecule has 120 valence electrons. The van der Waals surface area contributed by atoms with Crippen LogP contribution < -0.4 is 5.32 Å². The summed E-state index contributed by atoms with van der Waals surface area (Å²) < 4.78 is 4.63. The lowest BCUT2D eigenvalue weighted by Gasteiger charge is -2.10. The molecular weight excluding hydrogens is 306 g/mol. The maximum Gasteiger partial charge on any atom is 0.356 e. The topological polar surface area (TPSA) is 81.2 Å². The van der Waals surface area contributed by atoms with Crippen LogP contribution in [0.3, 0.4) is 0 Å². The summed E-state index contributed by atoms with van der Waals surface area (Å²) in [6.45, 7) is 1.53. The van der Waals surface area contributed by atoms with Crippen LogP contribution in [0.1, 0.15) is 27.8 Å². The Labute approximate surface area is 138 Å². The molecule has 0 saturated heterocycles. The van der Waals surface area contributed by atoms with E-state index in [0.29, 0.717) is 11.3 Å². The number of nitrogens with one attached hydrogen (secondary N) is 1. The van der Waals surface area contributed by atoms with Crippen LogP contribution in [-0.2, 0) is 4.74 Å². The van der Waals surface area contributed by atoms with Gasteiger partial charge in [-0.3, -0.25) is 9.78 Å². The number of hydrogen-bond acceptors (Lipinski definition) is 6. The Hall–Kier alpha value is -3.28. The van der Waals surface area contributed by atoms with Gasteiger partial charge in [0.15, 0.2) is 5.78 Å². The Balaban J connectivity index is 1.96. The molecule has 0 fully saturated rings. The van der Waals surface area contributed by atoms with Gasteiger partial charge in [0.2, 0.25) is 0 Å². The number of hydrogen-bond donors (Lipinski definition) is 1. The van der Waals surface area contributed by atoms with E-state index in [1.54, 1.807) is 30.6 Å². The van der Waals surface area contributed by atoms with Crippen LogP contribution >= 0.6 is 0 Å². The van der Waals surface area contributed by atoms with Crippen molar-refractivity contribution in [3.63, 3.8) is 0 Å². The van der Waals surface area contributed by atoms with E-state index in [4.69, 9.17) is 0 Å². The van der Waals surface area contributed by atoms with Crippen molar-refractivity contribution in [3.05, 3.63) is 60.0 Å². The zero-order chi connectivity index (χ0) is 17.1. The standard InChI is InChI=1S/C18H15N3O3/c1-11(22)12-3-5-15-14(9-12)16(7-8-19-15)21-13-4-6-17(20-10-13)18(23)24-2/h3-10H,1-2H3,(H,19,21). The molecule has 24 heavy (non-hydrogen) atoms. The molecule has 0 aliphatic rings. The van der Waals surface area contributed by atoms with E-state index in [2.05, 4.69) is 20.0 Å². The van der Waals surface area contributed by atoms with Gasteiger partial charge in [-0.15, -0.1) is 0 Å². The summed E-state index contributed by atoms with van der Waals surface area (Å²) in [6, 6.07) is 10.5. The summed E-state index contributed by atoms with van der Waals surface area (Å²) in [5, 5.41) is 4.07. The first kappa shape index (κ1) is 15.6. The number of fused-ring (bicyclic) bond motifs is 1. The molecule has 0 radical (unpaired) electrons. The fourth-order valence-corrected chi connectivity index (χ4v) is 2.32. The van der Waals surface area contributed by atoms with E-state index < -0.39 is 5.97 Å². The normalized spacial score (nSPS) is 10.4. The first-order chi connectivity index (χ1) is 11.6. The molecule has 0 amide bonds. The molecule has 2 aromatic heterocycles. The molecule has 0 aliphatic heterocycles. The van der Waals surface area contributed by atoms with Gasteiger partial charge in [-0.2, -0.15) is 0 Å². The number of carbonyl (C=O) groups is 2. The largest absolute Gasteiger partial charge is 0.464 e. The Morgan fingerprint density at radius 3 is 2.58 bits per heavy atom. The Kier molecular flexibility index (Phi) is 4.20. The number of carbonyl (C=O) groups excluding carboxylic acids is 2. The summed E-state index contributed by atoms with van der Waals surface area (Å²) in [5.41, 5.74) is 3.16. The second-order valence-corrected chi connectivity index (χ2v) is 5.20. The summed E-state index contributed by atoms with van der Waals surface area (Å²) in [6.07, 6.45) is 3.24. The molecular formula is C18H15N3O3. The number of benzene rings is 1. The number of pyridine rings is 2. The summed E-state index contributed by atoms with van der Waals surface area (Å²) in [7, 11) is 1.31. The summed E-state index contributed by atoms with van der Waals surface area (Å²) in [4.78, 5) is 31.4. The molecule has 6 heteroatoms.